The third-order valence-corrected chi connectivity index (χ3v) is 6.80. The number of carbonyl (C=O) groups is 2. The Hall–Kier alpha value is -3.45. The van der Waals surface area contributed by atoms with Crippen molar-refractivity contribution in [1.29, 1.82) is 0 Å². The number of aromatic nitrogens is 2. The van der Waals surface area contributed by atoms with Gasteiger partial charge in [0.25, 0.3) is 5.91 Å². The maximum absolute atomic E-state index is 13.5. The zero-order valence-corrected chi connectivity index (χ0v) is 24.8. The van der Waals surface area contributed by atoms with Gasteiger partial charge < -0.3 is 15.1 Å². The van der Waals surface area contributed by atoms with Crippen LogP contribution in [0.5, 0.6) is 0 Å². The Labute approximate surface area is 234 Å². The topological polar surface area (TPSA) is 70.5 Å². The number of nitrogens with one attached hydrogen (secondary N) is 1. The number of likely N-dealkylation sites (N-methyl/N-ethyl adjacent to an activating group) is 1. The van der Waals surface area contributed by atoms with Crippen LogP contribution in [0.3, 0.4) is 0 Å². The van der Waals surface area contributed by atoms with Gasteiger partial charge in [0.15, 0.2) is 0 Å². The molecule has 0 unspecified atom stereocenters. The normalized spacial score (nSPS) is 11.6. The number of carbonyl (C=O) groups excluding carboxylic acids is 2. The Kier molecular flexibility index (Phi) is 10.5. The number of nitrogens with zero attached hydrogens (tertiary/aromatic N) is 4. The van der Waals surface area contributed by atoms with E-state index < -0.39 is 0 Å². The third-order valence-electron chi connectivity index (χ3n) is 6.80. The first kappa shape index (κ1) is 30.1. The zero-order valence-electron chi connectivity index (χ0n) is 24.8. The van der Waals surface area contributed by atoms with E-state index in [4.69, 9.17) is 5.10 Å². The van der Waals surface area contributed by atoms with Crippen molar-refractivity contribution in [2.24, 2.45) is 0 Å². The molecule has 0 aliphatic rings. The molecule has 0 spiro atoms. The van der Waals surface area contributed by atoms with Gasteiger partial charge >= 0.3 is 0 Å². The lowest BCUT2D eigenvalue weighted by Crippen LogP contribution is -2.41. The minimum atomic E-state index is -0.256. The Morgan fingerprint density at radius 2 is 1.67 bits per heavy atom. The van der Waals surface area contributed by atoms with Crippen LogP contribution in [0.4, 0.5) is 5.82 Å². The quantitative estimate of drug-likeness (QED) is 0.298. The molecule has 2 amide bonds. The van der Waals surface area contributed by atoms with Gasteiger partial charge in [-0.15, -0.1) is 0 Å². The molecular weight excluding hydrogens is 486 g/mol. The average molecular weight is 532 g/mol. The van der Waals surface area contributed by atoms with Crippen LogP contribution >= 0.6 is 0 Å². The van der Waals surface area contributed by atoms with Gasteiger partial charge in [-0.25, -0.2) is 4.68 Å². The van der Waals surface area contributed by atoms with Gasteiger partial charge in [0.2, 0.25) is 5.91 Å². The molecule has 1 aromatic heterocycles. The first-order chi connectivity index (χ1) is 18.5. The first-order valence-corrected chi connectivity index (χ1v) is 14.0. The number of aryl methyl sites for hydroxylation is 2. The fourth-order valence-electron chi connectivity index (χ4n) is 4.33. The molecule has 7 heteroatoms. The fourth-order valence-corrected chi connectivity index (χ4v) is 4.33. The van der Waals surface area contributed by atoms with Crippen molar-refractivity contribution >= 4 is 17.6 Å². The largest absolute Gasteiger partial charge is 0.328 e. The van der Waals surface area contributed by atoms with E-state index in [1.807, 2.05) is 80.5 Å². The molecule has 39 heavy (non-hydrogen) atoms. The summed E-state index contributed by atoms with van der Waals surface area (Å²) in [6, 6.07) is 17.7. The summed E-state index contributed by atoms with van der Waals surface area (Å²) in [5, 5.41) is 7.88. The van der Waals surface area contributed by atoms with Gasteiger partial charge in [-0.3, -0.25) is 9.59 Å². The number of hydrogen-bond donors (Lipinski definition) is 1. The Bertz CT molecular complexity index is 1240. The maximum atomic E-state index is 13.5. The number of hydrogen-bond acceptors (Lipinski definition) is 4. The van der Waals surface area contributed by atoms with E-state index in [2.05, 4.69) is 33.0 Å². The highest BCUT2D eigenvalue weighted by molar-refractivity contribution is 5.99. The number of amides is 2. The Morgan fingerprint density at radius 3 is 2.28 bits per heavy atom. The average Bonchev–Trinajstić information content (AvgIpc) is 3.31. The van der Waals surface area contributed by atoms with Crippen LogP contribution < -0.4 is 5.32 Å². The molecule has 2 aromatic carbocycles. The van der Waals surface area contributed by atoms with E-state index in [1.165, 1.54) is 18.4 Å². The van der Waals surface area contributed by atoms with E-state index >= 15 is 0 Å². The summed E-state index contributed by atoms with van der Waals surface area (Å²) in [6.07, 6.45) is 4.55. The van der Waals surface area contributed by atoms with E-state index in [9.17, 15) is 9.59 Å². The first-order valence-electron chi connectivity index (χ1n) is 14.0. The third kappa shape index (κ3) is 8.52. The SMILES string of the molecule is CCCCCc1ccc(C(=O)N(CCN(C)C)CC(=O)Nc2cc(C(C)(C)C)nn2-c2ccccc2C)cc1. The van der Waals surface area contributed by atoms with Gasteiger partial charge in [0.05, 0.1) is 11.4 Å². The van der Waals surface area contributed by atoms with Gasteiger partial charge in [-0.05, 0) is 63.2 Å². The predicted octanol–water partition coefficient (Wildman–Crippen LogP) is 5.85. The molecular formula is C32H45N5O2. The summed E-state index contributed by atoms with van der Waals surface area (Å²) in [4.78, 5) is 30.5. The fraction of sp³-hybridized carbons (Fsp3) is 0.469. The summed E-state index contributed by atoms with van der Waals surface area (Å²) in [6.45, 7) is 11.6. The van der Waals surface area contributed by atoms with Crippen LogP contribution in [0.15, 0.2) is 54.6 Å². The highest BCUT2D eigenvalue weighted by Gasteiger charge is 2.24. The Morgan fingerprint density at radius 1 is 0.974 bits per heavy atom. The smallest absolute Gasteiger partial charge is 0.254 e. The lowest BCUT2D eigenvalue weighted by molar-refractivity contribution is -0.117. The minimum absolute atomic E-state index is 0.0469. The van der Waals surface area contributed by atoms with Crippen molar-refractivity contribution in [1.82, 2.24) is 19.6 Å². The lowest BCUT2D eigenvalue weighted by Gasteiger charge is -2.24. The number of benzene rings is 2. The van der Waals surface area contributed by atoms with Crippen molar-refractivity contribution in [3.8, 4) is 5.69 Å². The molecule has 0 radical (unpaired) electrons. The van der Waals surface area contributed by atoms with Crippen LogP contribution in [0.2, 0.25) is 0 Å². The molecule has 0 atom stereocenters. The van der Waals surface area contributed by atoms with Crippen molar-refractivity contribution in [3.63, 3.8) is 0 Å². The zero-order chi connectivity index (χ0) is 28.6. The second-order valence-electron chi connectivity index (χ2n) is 11.6. The molecule has 3 aromatic rings. The maximum Gasteiger partial charge on any atom is 0.254 e. The van der Waals surface area contributed by atoms with Crippen LogP contribution in [-0.4, -0.2) is 65.1 Å². The van der Waals surface area contributed by atoms with Crippen LogP contribution in [-0.2, 0) is 16.6 Å². The molecule has 0 aliphatic heterocycles. The molecule has 1 heterocycles. The number of rotatable bonds is 12. The van der Waals surface area contributed by atoms with Crippen molar-refractivity contribution in [2.75, 3.05) is 39.0 Å². The standard InChI is InChI=1S/C32H45N5O2/c1-8-9-10-14-25-16-18-26(19-17-25)31(39)36(21-20-35(6)7)23-30(38)33-29-22-28(32(3,4)5)34-37(29)27-15-12-11-13-24(27)2/h11-13,15-19,22H,8-10,14,20-21,23H2,1-7H3,(H,33,38). The summed E-state index contributed by atoms with van der Waals surface area (Å²) in [5.74, 6) is 0.194. The van der Waals surface area contributed by atoms with E-state index in [1.54, 1.807) is 9.58 Å². The van der Waals surface area contributed by atoms with Gasteiger partial charge in [0.1, 0.15) is 12.4 Å². The molecule has 0 aliphatic carbocycles. The summed E-state index contributed by atoms with van der Waals surface area (Å²) < 4.78 is 1.79. The molecule has 3 rings (SSSR count). The van der Waals surface area contributed by atoms with Gasteiger partial charge in [-0.2, -0.15) is 5.10 Å². The summed E-state index contributed by atoms with van der Waals surface area (Å²) >= 11 is 0. The van der Waals surface area contributed by atoms with E-state index in [-0.39, 0.29) is 23.8 Å². The second-order valence-corrected chi connectivity index (χ2v) is 11.6. The number of anilines is 1. The van der Waals surface area contributed by atoms with Gasteiger partial charge in [0, 0.05) is 30.1 Å². The second kappa shape index (κ2) is 13.6. The molecule has 210 valence electrons. The summed E-state index contributed by atoms with van der Waals surface area (Å²) in [5.41, 5.74) is 4.47. The van der Waals surface area contributed by atoms with E-state index in [0.29, 0.717) is 24.5 Å². The monoisotopic (exact) mass is 531 g/mol. The summed E-state index contributed by atoms with van der Waals surface area (Å²) in [7, 11) is 3.92. The number of para-hydroxylation sites is 1. The van der Waals surface area contributed by atoms with E-state index in [0.717, 1.165) is 29.8 Å². The molecule has 0 saturated carbocycles. The van der Waals surface area contributed by atoms with Crippen molar-refractivity contribution in [2.45, 2.75) is 65.7 Å². The van der Waals surface area contributed by atoms with Crippen LogP contribution in [0, 0.1) is 6.92 Å². The van der Waals surface area contributed by atoms with Crippen molar-refractivity contribution < 1.29 is 9.59 Å². The molecule has 0 fully saturated rings. The highest BCUT2D eigenvalue weighted by Crippen LogP contribution is 2.27. The minimum Gasteiger partial charge on any atom is -0.328 e. The molecule has 7 nitrogen and oxygen atoms in total. The van der Waals surface area contributed by atoms with Crippen LogP contribution in [0.1, 0.15) is 74.1 Å². The van der Waals surface area contributed by atoms with Gasteiger partial charge in [-0.1, -0.05) is 70.9 Å². The molecule has 1 N–H and O–H groups in total. The molecule has 0 saturated heterocycles. The highest BCUT2D eigenvalue weighted by atomic mass is 16.2. The number of unbranched alkanes of at least 4 members (excludes halogenated alkanes) is 2. The van der Waals surface area contributed by atoms with Crippen LogP contribution in [0.25, 0.3) is 5.69 Å². The molecule has 0 bridgehead atoms. The lowest BCUT2D eigenvalue weighted by atomic mass is 9.92. The van der Waals surface area contributed by atoms with Crippen molar-refractivity contribution in [3.05, 3.63) is 77.0 Å². The Balaban J connectivity index is 1.81. The predicted molar refractivity (Wildman–Crippen MR) is 160 cm³/mol.